The highest BCUT2D eigenvalue weighted by Gasteiger charge is 2.22. The Morgan fingerprint density at radius 1 is 1.11 bits per heavy atom. The number of ether oxygens (including phenoxy) is 1. The van der Waals surface area contributed by atoms with E-state index >= 15 is 0 Å². The highest BCUT2D eigenvalue weighted by atomic mass is 16.5. The molecular formula is C17H26O2. The summed E-state index contributed by atoms with van der Waals surface area (Å²) >= 11 is 0. The summed E-state index contributed by atoms with van der Waals surface area (Å²) in [5.74, 6) is 0.671. The molecule has 1 aromatic rings. The van der Waals surface area contributed by atoms with Crippen LogP contribution in [0.4, 0.5) is 0 Å². The summed E-state index contributed by atoms with van der Waals surface area (Å²) in [5, 5.41) is 9.81. The molecule has 1 N–H and O–H groups in total. The Hall–Kier alpha value is -0.860. The third kappa shape index (κ3) is 3.80. The van der Waals surface area contributed by atoms with Gasteiger partial charge in [0.15, 0.2) is 0 Å². The third-order valence-corrected chi connectivity index (χ3v) is 4.26. The SMILES string of the molecule is CCOC1CCC(c2ccc(C(O)CC)cc2)CC1. The van der Waals surface area contributed by atoms with Crippen LogP contribution in [0.5, 0.6) is 0 Å². The molecule has 1 fully saturated rings. The first-order chi connectivity index (χ1) is 9.24. The van der Waals surface area contributed by atoms with Crippen molar-refractivity contribution in [3.05, 3.63) is 35.4 Å². The zero-order valence-corrected chi connectivity index (χ0v) is 12.1. The molecule has 1 atom stereocenters. The van der Waals surface area contributed by atoms with Gasteiger partial charge in [0.25, 0.3) is 0 Å². The van der Waals surface area contributed by atoms with Gasteiger partial charge in [-0.2, -0.15) is 0 Å². The Morgan fingerprint density at radius 3 is 2.26 bits per heavy atom. The van der Waals surface area contributed by atoms with E-state index in [-0.39, 0.29) is 6.10 Å². The summed E-state index contributed by atoms with van der Waals surface area (Å²) in [4.78, 5) is 0. The van der Waals surface area contributed by atoms with Gasteiger partial charge in [0.2, 0.25) is 0 Å². The minimum absolute atomic E-state index is 0.317. The van der Waals surface area contributed by atoms with Crippen molar-refractivity contribution in [1.82, 2.24) is 0 Å². The van der Waals surface area contributed by atoms with Crippen LogP contribution in [-0.2, 0) is 4.74 Å². The molecule has 0 spiro atoms. The first-order valence-corrected chi connectivity index (χ1v) is 7.64. The number of rotatable bonds is 5. The lowest BCUT2D eigenvalue weighted by Gasteiger charge is -2.28. The zero-order chi connectivity index (χ0) is 13.7. The first-order valence-electron chi connectivity index (χ1n) is 7.64. The molecule has 0 heterocycles. The Balaban J connectivity index is 1.92. The van der Waals surface area contributed by atoms with Crippen molar-refractivity contribution >= 4 is 0 Å². The van der Waals surface area contributed by atoms with E-state index in [4.69, 9.17) is 4.74 Å². The molecule has 0 aliphatic heterocycles. The topological polar surface area (TPSA) is 29.5 Å². The molecule has 0 aromatic heterocycles. The Kier molecular flexibility index (Phi) is 5.41. The Morgan fingerprint density at radius 2 is 1.74 bits per heavy atom. The highest BCUT2D eigenvalue weighted by molar-refractivity contribution is 5.27. The molecule has 19 heavy (non-hydrogen) atoms. The minimum atomic E-state index is -0.317. The van der Waals surface area contributed by atoms with Gasteiger partial charge in [-0.05, 0) is 56.1 Å². The van der Waals surface area contributed by atoms with E-state index in [2.05, 4.69) is 31.2 Å². The van der Waals surface area contributed by atoms with E-state index in [1.165, 1.54) is 31.2 Å². The zero-order valence-electron chi connectivity index (χ0n) is 12.1. The standard InChI is InChI=1S/C17H26O2/c1-3-17(18)15-7-5-13(6-8-15)14-9-11-16(12-10-14)19-4-2/h5-8,14,16-18H,3-4,9-12H2,1-2H3. The molecule has 106 valence electrons. The quantitative estimate of drug-likeness (QED) is 0.862. The van der Waals surface area contributed by atoms with Crippen LogP contribution in [0.2, 0.25) is 0 Å². The fourth-order valence-electron chi connectivity index (χ4n) is 3.02. The number of hydrogen-bond donors (Lipinski definition) is 1. The Bertz CT molecular complexity index is 363. The van der Waals surface area contributed by atoms with Gasteiger partial charge in [-0.15, -0.1) is 0 Å². The maximum atomic E-state index is 9.81. The van der Waals surface area contributed by atoms with Crippen LogP contribution < -0.4 is 0 Å². The van der Waals surface area contributed by atoms with Gasteiger partial charge in [-0.3, -0.25) is 0 Å². The fourth-order valence-corrected chi connectivity index (χ4v) is 3.02. The summed E-state index contributed by atoms with van der Waals surface area (Å²) in [6.07, 6.45) is 5.74. The number of aliphatic hydroxyl groups excluding tert-OH is 1. The van der Waals surface area contributed by atoms with E-state index < -0.39 is 0 Å². The van der Waals surface area contributed by atoms with Gasteiger partial charge >= 0.3 is 0 Å². The van der Waals surface area contributed by atoms with Crippen LogP contribution in [0.3, 0.4) is 0 Å². The first kappa shape index (κ1) is 14.5. The van der Waals surface area contributed by atoms with E-state index in [1.807, 2.05) is 6.92 Å². The number of benzene rings is 1. The highest BCUT2D eigenvalue weighted by Crippen LogP contribution is 2.34. The lowest BCUT2D eigenvalue weighted by Crippen LogP contribution is -2.20. The van der Waals surface area contributed by atoms with Crippen molar-refractivity contribution < 1.29 is 9.84 Å². The maximum absolute atomic E-state index is 9.81. The summed E-state index contributed by atoms with van der Waals surface area (Å²) < 4.78 is 5.70. The molecule has 1 aromatic carbocycles. The predicted molar refractivity (Wildman–Crippen MR) is 78.3 cm³/mol. The second kappa shape index (κ2) is 7.06. The van der Waals surface area contributed by atoms with Gasteiger partial charge in [-0.25, -0.2) is 0 Å². The lowest BCUT2D eigenvalue weighted by atomic mass is 9.82. The van der Waals surface area contributed by atoms with Gasteiger partial charge in [-0.1, -0.05) is 31.2 Å². The van der Waals surface area contributed by atoms with Crippen molar-refractivity contribution in [3.8, 4) is 0 Å². The van der Waals surface area contributed by atoms with E-state index in [1.54, 1.807) is 0 Å². The molecule has 0 radical (unpaired) electrons. The van der Waals surface area contributed by atoms with Gasteiger partial charge in [0.05, 0.1) is 12.2 Å². The van der Waals surface area contributed by atoms with Crippen LogP contribution >= 0.6 is 0 Å². The fraction of sp³-hybridized carbons (Fsp3) is 0.647. The average molecular weight is 262 g/mol. The van der Waals surface area contributed by atoms with Crippen molar-refractivity contribution in [1.29, 1.82) is 0 Å². The van der Waals surface area contributed by atoms with Gasteiger partial charge < -0.3 is 9.84 Å². The predicted octanol–water partition coefficient (Wildman–Crippen LogP) is 4.19. The molecule has 2 heteroatoms. The molecular weight excluding hydrogens is 236 g/mol. The van der Waals surface area contributed by atoms with E-state index in [0.29, 0.717) is 12.0 Å². The van der Waals surface area contributed by atoms with Crippen LogP contribution in [0.15, 0.2) is 24.3 Å². The van der Waals surface area contributed by atoms with Gasteiger partial charge in [0, 0.05) is 6.61 Å². The van der Waals surface area contributed by atoms with Crippen molar-refractivity contribution in [2.45, 2.75) is 64.1 Å². The molecule has 1 unspecified atom stereocenters. The number of hydrogen-bond acceptors (Lipinski definition) is 2. The van der Waals surface area contributed by atoms with Crippen molar-refractivity contribution in [2.75, 3.05) is 6.61 Å². The average Bonchev–Trinajstić information content (AvgIpc) is 2.48. The molecule has 0 bridgehead atoms. The summed E-state index contributed by atoms with van der Waals surface area (Å²) in [6, 6.07) is 8.55. The van der Waals surface area contributed by atoms with Crippen LogP contribution in [0, 0.1) is 0 Å². The molecule has 0 saturated heterocycles. The lowest BCUT2D eigenvalue weighted by molar-refractivity contribution is 0.0328. The Labute approximate surface area is 116 Å². The number of aliphatic hydroxyl groups is 1. The minimum Gasteiger partial charge on any atom is -0.388 e. The van der Waals surface area contributed by atoms with Crippen LogP contribution in [0.25, 0.3) is 0 Å². The smallest absolute Gasteiger partial charge is 0.0787 e. The normalized spacial score (nSPS) is 25.2. The summed E-state index contributed by atoms with van der Waals surface area (Å²) in [6.45, 7) is 4.91. The second-order valence-electron chi connectivity index (χ2n) is 5.52. The van der Waals surface area contributed by atoms with E-state index in [0.717, 1.165) is 18.6 Å². The monoisotopic (exact) mass is 262 g/mol. The van der Waals surface area contributed by atoms with Crippen LogP contribution in [0.1, 0.15) is 69.1 Å². The third-order valence-electron chi connectivity index (χ3n) is 4.26. The largest absolute Gasteiger partial charge is 0.388 e. The summed E-state index contributed by atoms with van der Waals surface area (Å²) in [7, 11) is 0. The molecule has 0 amide bonds. The van der Waals surface area contributed by atoms with Crippen molar-refractivity contribution in [2.24, 2.45) is 0 Å². The van der Waals surface area contributed by atoms with Crippen molar-refractivity contribution in [3.63, 3.8) is 0 Å². The second-order valence-corrected chi connectivity index (χ2v) is 5.52. The molecule has 1 aliphatic carbocycles. The molecule has 2 nitrogen and oxygen atoms in total. The van der Waals surface area contributed by atoms with Crippen LogP contribution in [-0.4, -0.2) is 17.8 Å². The molecule has 1 aliphatic rings. The molecule has 2 rings (SSSR count). The molecule has 1 saturated carbocycles. The maximum Gasteiger partial charge on any atom is 0.0787 e. The summed E-state index contributed by atoms with van der Waals surface area (Å²) in [5.41, 5.74) is 2.45. The van der Waals surface area contributed by atoms with Gasteiger partial charge in [0.1, 0.15) is 0 Å². The van der Waals surface area contributed by atoms with E-state index in [9.17, 15) is 5.11 Å².